The third kappa shape index (κ3) is 16.3. The van der Waals surface area contributed by atoms with Gasteiger partial charge < -0.3 is 14.9 Å². The van der Waals surface area contributed by atoms with E-state index in [4.69, 9.17) is 14.9 Å². The molecule has 0 amide bonds. The summed E-state index contributed by atoms with van der Waals surface area (Å²) in [6.07, 6.45) is 14.8. The lowest BCUT2D eigenvalue weighted by Gasteiger charge is -2.12. The van der Waals surface area contributed by atoms with E-state index in [1.54, 1.807) is 0 Å². The van der Waals surface area contributed by atoms with Gasteiger partial charge in [-0.2, -0.15) is 0 Å². The van der Waals surface area contributed by atoms with E-state index in [1.165, 1.54) is 64.2 Å². The van der Waals surface area contributed by atoms with Crippen LogP contribution in [0.2, 0.25) is 0 Å². The van der Waals surface area contributed by atoms with Crippen molar-refractivity contribution in [2.75, 3.05) is 13.2 Å². The highest BCUT2D eigenvalue weighted by Crippen LogP contribution is 2.14. The zero-order valence-corrected chi connectivity index (χ0v) is 16.0. The number of carbonyl (C=O) groups is 1. The predicted octanol–water partition coefficient (Wildman–Crippen LogP) is 4.61. The molecule has 0 aliphatic rings. The van der Waals surface area contributed by atoms with E-state index in [9.17, 15) is 4.79 Å². The van der Waals surface area contributed by atoms with E-state index in [0.717, 1.165) is 18.8 Å². The normalized spacial score (nSPS) is 11.4. The highest BCUT2D eigenvalue weighted by atomic mass is 16.6. The Labute approximate surface area is 149 Å². The summed E-state index contributed by atoms with van der Waals surface area (Å²) >= 11 is 0. The summed E-state index contributed by atoms with van der Waals surface area (Å²) in [6, 6.07) is 0. The van der Waals surface area contributed by atoms with Crippen LogP contribution in [0.3, 0.4) is 0 Å². The molecule has 2 N–H and O–H groups in total. The maximum Gasteiger partial charge on any atom is 0.306 e. The number of unbranched alkanes of at least 4 members (excludes halogenated alkanes) is 10. The van der Waals surface area contributed by atoms with Gasteiger partial charge in [0.15, 0.2) is 0 Å². The standard InChI is InChI=1S/C20H40O4/c1-18(2)14-12-10-8-6-4-3-5-7-9-11-13-15-20(23)24-19(16-21)17-22/h18-19,21-22H,3-17H2,1-2H3. The Hall–Kier alpha value is -0.610. The molecule has 0 aliphatic heterocycles. The summed E-state index contributed by atoms with van der Waals surface area (Å²) in [5.74, 6) is 0.526. The molecule has 24 heavy (non-hydrogen) atoms. The van der Waals surface area contributed by atoms with E-state index < -0.39 is 6.10 Å². The SMILES string of the molecule is CC(C)CCCCCCCCCCCCCC(=O)OC(CO)CO. The van der Waals surface area contributed by atoms with Crippen molar-refractivity contribution in [1.82, 2.24) is 0 Å². The number of carbonyl (C=O) groups excluding carboxylic acids is 1. The summed E-state index contributed by atoms with van der Waals surface area (Å²) in [7, 11) is 0. The van der Waals surface area contributed by atoms with Gasteiger partial charge in [0, 0.05) is 6.42 Å². The molecule has 0 aromatic carbocycles. The Morgan fingerprint density at radius 3 is 1.58 bits per heavy atom. The van der Waals surface area contributed by atoms with Gasteiger partial charge in [0.25, 0.3) is 0 Å². The van der Waals surface area contributed by atoms with Gasteiger partial charge in [0.1, 0.15) is 6.10 Å². The lowest BCUT2D eigenvalue weighted by molar-refractivity contribution is -0.153. The summed E-state index contributed by atoms with van der Waals surface area (Å²) < 4.78 is 4.92. The number of hydrogen-bond acceptors (Lipinski definition) is 4. The molecule has 0 aliphatic carbocycles. The molecule has 0 saturated carbocycles. The fraction of sp³-hybridized carbons (Fsp3) is 0.950. The molecule has 4 nitrogen and oxygen atoms in total. The van der Waals surface area contributed by atoms with Crippen molar-refractivity contribution < 1.29 is 19.7 Å². The van der Waals surface area contributed by atoms with Crippen molar-refractivity contribution >= 4 is 5.97 Å². The second-order valence-corrected chi connectivity index (χ2v) is 7.30. The fourth-order valence-electron chi connectivity index (χ4n) is 2.79. The zero-order valence-electron chi connectivity index (χ0n) is 16.0. The molecule has 0 bridgehead atoms. The first-order chi connectivity index (χ1) is 11.6. The molecule has 0 fully saturated rings. The van der Waals surface area contributed by atoms with Crippen LogP contribution in [0.4, 0.5) is 0 Å². The Balaban J connectivity index is 3.21. The monoisotopic (exact) mass is 344 g/mol. The molecule has 4 heteroatoms. The quantitative estimate of drug-likeness (QED) is 0.299. The smallest absolute Gasteiger partial charge is 0.306 e. The van der Waals surface area contributed by atoms with Gasteiger partial charge in [-0.15, -0.1) is 0 Å². The van der Waals surface area contributed by atoms with Crippen LogP contribution < -0.4 is 0 Å². The number of aliphatic hydroxyl groups excluding tert-OH is 2. The summed E-state index contributed by atoms with van der Waals surface area (Å²) in [6.45, 7) is 3.95. The number of ether oxygens (including phenoxy) is 1. The predicted molar refractivity (Wildman–Crippen MR) is 98.9 cm³/mol. The number of rotatable bonds is 17. The molecule has 0 saturated heterocycles. The topological polar surface area (TPSA) is 66.8 Å². The Morgan fingerprint density at radius 1 is 0.750 bits per heavy atom. The van der Waals surface area contributed by atoms with Crippen LogP contribution in [0.1, 0.15) is 97.3 Å². The minimum Gasteiger partial charge on any atom is -0.457 e. The number of aliphatic hydroxyl groups is 2. The molecule has 0 atom stereocenters. The Bertz CT molecular complexity index is 275. The average molecular weight is 345 g/mol. The van der Waals surface area contributed by atoms with Crippen molar-refractivity contribution in [3.63, 3.8) is 0 Å². The largest absolute Gasteiger partial charge is 0.457 e. The van der Waals surface area contributed by atoms with Gasteiger partial charge in [0.2, 0.25) is 0 Å². The maximum absolute atomic E-state index is 11.4. The minimum absolute atomic E-state index is 0.319. The van der Waals surface area contributed by atoms with E-state index in [-0.39, 0.29) is 19.2 Å². The van der Waals surface area contributed by atoms with Crippen LogP contribution in [-0.2, 0) is 9.53 Å². The van der Waals surface area contributed by atoms with Crippen molar-refractivity contribution in [3.8, 4) is 0 Å². The molecule has 0 radical (unpaired) electrons. The third-order valence-electron chi connectivity index (χ3n) is 4.37. The highest BCUT2D eigenvalue weighted by Gasteiger charge is 2.11. The molecule has 0 unspecified atom stereocenters. The second-order valence-electron chi connectivity index (χ2n) is 7.30. The second kappa shape index (κ2) is 17.2. The molecular formula is C20H40O4. The van der Waals surface area contributed by atoms with Crippen LogP contribution in [0.25, 0.3) is 0 Å². The minimum atomic E-state index is -0.761. The van der Waals surface area contributed by atoms with E-state index in [2.05, 4.69) is 13.8 Å². The van der Waals surface area contributed by atoms with E-state index in [0.29, 0.717) is 6.42 Å². The number of esters is 1. The molecule has 0 aromatic rings. The summed E-state index contributed by atoms with van der Waals surface area (Å²) in [5.41, 5.74) is 0. The first-order valence-corrected chi connectivity index (χ1v) is 10.0. The Kier molecular flexibility index (Phi) is 16.8. The number of hydrogen-bond donors (Lipinski definition) is 2. The highest BCUT2D eigenvalue weighted by molar-refractivity contribution is 5.69. The molecule has 0 spiro atoms. The fourth-order valence-corrected chi connectivity index (χ4v) is 2.79. The van der Waals surface area contributed by atoms with E-state index in [1.807, 2.05) is 0 Å². The van der Waals surface area contributed by atoms with Crippen LogP contribution >= 0.6 is 0 Å². The molecule has 0 rings (SSSR count). The van der Waals surface area contributed by atoms with Gasteiger partial charge in [-0.3, -0.25) is 4.79 Å². The lowest BCUT2D eigenvalue weighted by Crippen LogP contribution is -2.25. The molecule has 144 valence electrons. The van der Waals surface area contributed by atoms with Gasteiger partial charge >= 0.3 is 5.97 Å². The molecule has 0 aromatic heterocycles. The first kappa shape index (κ1) is 23.4. The van der Waals surface area contributed by atoms with Crippen LogP contribution in [-0.4, -0.2) is 35.5 Å². The van der Waals surface area contributed by atoms with Crippen molar-refractivity contribution in [2.45, 2.75) is 103 Å². The zero-order chi connectivity index (χ0) is 18.0. The van der Waals surface area contributed by atoms with Gasteiger partial charge in [-0.05, 0) is 12.3 Å². The van der Waals surface area contributed by atoms with Gasteiger partial charge in [-0.1, -0.05) is 84.5 Å². The third-order valence-corrected chi connectivity index (χ3v) is 4.37. The van der Waals surface area contributed by atoms with Crippen LogP contribution in [0, 0.1) is 5.92 Å². The first-order valence-electron chi connectivity index (χ1n) is 10.0. The van der Waals surface area contributed by atoms with Crippen molar-refractivity contribution in [1.29, 1.82) is 0 Å². The van der Waals surface area contributed by atoms with Crippen molar-refractivity contribution in [2.24, 2.45) is 5.92 Å². The van der Waals surface area contributed by atoms with Crippen molar-refractivity contribution in [3.05, 3.63) is 0 Å². The van der Waals surface area contributed by atoms with Gasteiger partial charge in [0.05, 0.1) is 13.2 Å². The van der Waals surface area contributed by atoms with Gasteiger partial charge in [-0.25, -0.2) is 0 Å². The average Bonchev–Trinajstić information content (AvgIpc) is 2.56. The molecular weight excluding hydrogens is 304 g/mol. The summed E-state index contributed by atoms with van der Waals surface area (Å²) in [5, 5.41) is 17.7. The molecule has 0 heterocycles. The maximum atomic E-state index is 11.4. The lowest BCUT2D eigenvalue weighted by atomic mass is 10.0. The van der Waals surface area contributed by atoms with Crippen LogP contribution in [0.15, 0.2) is 0 Å². The Morgan fingerprint density at radius 2 is 1.17 bits per heavy atom. The summed E-state index contributed by atoms with van der Waals surface area (Å²) in [4.78, 5) is 11.4. The van der Waals surface area contributed by atoms with Crippen LogP contribution in [0.5, 0.6) is 0 Å². The van der Waals surface area contributed by atoms with E-state index >= 15 is 0 Å².